The minimum absolute atomic E-state index is 0.0471. The van der Waals surface area contributed by atoms with Gasteiger partial charge in [0.2, 0.25) is 0 Å². The number of pyridine rings is 1. The lowest BCUT2D eigenvalue weighted by molar-refractivity contribution is -0.0843. The summed E-state index contributed by atoms with van der Waals surface area (Å²) < 4.78 is 19.1. The van der Waals surface area contributed by atoms with Gasteiger partial charge in [-0.05, 0) is 69.4 Å². The van der Waals surface area contributed by atoms with Gasteiger partial charge in [0, 0.05) is 29.7 Å². The van der Waals surface area contributed by atoms with Gasteiger partial charge in [0.15, 0.2) is 17.3 Å². The summed E-state index contributed by atoms with van der Waals surface area (Å²) in [6.07, 6.45) is 5.21. The van der Waals surface area contributed by atoms with Crippen LogP contribution in [0.3, 0.4) is 0 Å². The molecule has 208 valence electrons. The molecule has 0 N–H and O–H groups in total. The number of aromatic nitrogens is 1. The van der Waals surface area contributed by atoms with E-state index in [1.54, 1.807) is 20.3 Å². The number of ether oxygens (including phenoxy) is 3. The van der Waals surface area contributed by atoms with Crippen molar-refractivity contribution in [1.82, 2.24) is 4.57 Å². The number of methoxy groups -OCH3 is 2. The van der Waals surface area contributed by atoms with Crippen LogP contribution in [0.2, 0.25) is 0 Å². The summed E-state index contributed by atoms with van der Waals surface area (Å²) in [5, 5.41) is 1.02. The predicted octanol–water partition coefficient (Wildman–Crippen LogP) is 6.88. The number of benzene rings is 2. The first-order valence-electron chi connectivity index (χ1n) is 14.3. The molecule has 0 spiro atoms. The second-order valence-electron chi connectivity index (χ2n) is 12.2. The molecule has 6 nitrogen and oxygen atoms in total. The predicted molar refractivity (Wildman–Crippen MR) is 155 cm³/mol. The molecule has 0 saturated carbocycles. The second-order valence-corrected chi connectivity index (χ2v) is 12.2. The molecule has 0 bridgehead atoms. The third-order valence-corrected chi connectivity index (χ3v) is 8.67. The molecule has 2 heterocycles. The van der Waals surface area contributed by atoms with Gasteiger partial charge >= 0.3 is 0 Å². The molecular formula is C33H41NO5. The number of carbonyl (C=O) groups is 1. The Labute approximate surface area is 231 Å². The first-order valence-corrected chi connectivity index (χ1v) is 14.3. The van der Waals surface area contributed by atoms with Gasteiger partial charge in [0.1, 0.15) is 0 Å². The highest BCUT2D eigenvalue weighted by Gasteiger charge is 2.36. The average molecular weight is 532 g/mol. The van der Waals surface area contributed by atoms with Crippen molar-refractivity contribution in [1.29, 1.82) is 0 Å². The number of nitrogens with zero attached hydrogens (tertiary/aromatic N) is 1. The topological polar surface area (TPSA) is 66.8 Å². The van der Waals surface area contributed by atoms with E-state index in [0.717, 1.165) is 50.0 Å². The Hall–Kier alpha value is -3.12. The highest BCUT2D eigenvalue weighted by Crippen LogP contribution is 2.44. The summed E-state index contributed by atoms with van der Waals surface area (Å²) in [7, 11) is 3.10. The zero-order valence-corrected chi connectivity index (χ0v) is 24.1. The van der Waals surface area contributed by atoms with Gasteiger partial charge in [-0.2, -0.15) is 0 Å². The van der Waals surface area contributed by atoms with Crippen molar-refractivity contribution in [3.8, 4) is 22.8 Å². The molecule has 3 aromatic rings. The smallest absolute Gasteiger partial charge is 0.262 e. The Bertz CT molecular complexity index is 1450. The summed E-state index contributed by atoms with van der Waals surface area (Å²) in [6, 6.07) is 11.2. The van der Waals surface area contributed by atoms with E-state index in [9.17, 15) is 9.59 Å². The van der Waals surface area contributed by atoms with Gasteiger partial charge in [0.25, 0.3) is 5.56 Å². The summed E-state index contributed by atoms with van der Waals surface area (Å²) >= 11 is 0. The van der Waals surface area contributed by atoms with Crippen molar-refractivity contribution < 1.29 is 19.0 Å². The van der Waals surface area contributed by atoms with Crippen molar-refractivity contribution in [3.63, 3.8) is 0 Å². The molecule has 2 aromatic carbocycles. The zero-order valence-electron chi connectivity index (χ0n) is 24.1. The molecule has 6 heteroatoms. The molecule has 1 aliphatic heterocycles. The molecule has 0 radical (unpaired) electrons. The van der Waals surface area contributed by atoms with Crippen LogP contribution < -0.4 is 15.0 Å². The van der Waals surface area contributed by atoms with Crippen LogP contribution in [0.25, 0.3) is 22.0 Å². The Morgan fingerprint density at radius 1 is 1.00 bits per heavy atom. The number of hydrogen-bond acceptors (Lipinski definition) is 5. The third-order valence-electron chi connectivity index (χ3n) is 8.67. The lowest BCUT2D eigenvalue weighted by Crippen LogP contribution is -2.37. The summed E-state index contributed by atoms with van der Waals surface area (Å²) in [4.78, 5) is 28.1. The molecule has 1 aliphatic carbocycles. The maximum absolute atomic E-state index is 14.3. The largest absolute Gasteiger partial charge is 0.493 e. The van der Waals surface area contributed by atoms with Crippen molar-refractivity contribution in [2.75, 3.05) is 20.8 Å². The van der Waals surface area contributed by atoms with Crippen LogP contribution in [-0.2, 0) is 11.3 Å². The van der Waals surface area contributed by atoms with Crippen LogP contribution in [0.5, 0.6) is 11.5 Å². The number of fused-ring (bicyclic) bond motifs is 5. The monoisotopic (exact) mass is 531 g/mol. The lowest BCUT2D eigenvalue weighted by atomic mass is 9.75. The van der Waals surface area contributed by atoms with Crippen molar-refractivity contribution in [2.45, 2.75) is 71.9 Å². The van der Waals surface area contributed by atoms with Gasteiger partial charge in [-0.25, -0.2) is 0 Å². The highest BCUT2D eigenvalue weighted by atomic mass is 16.5. The molecule has 5 rings (SSSR count). The highest BCUT2D eigenvalue weighted by molar-refractivity contribution is 6.27. The number of hydrogen-bond donors (Lipinski definition) is 0. The lowest BCUT2D eigenvalue weighted by Gasteiger charge is -2.39. The summed E-state index contributed by atoms with van der Waals surface area (Å²) in [6.45, 7) is 10.2. The zero-order chi connectivity index (χ0) is 27.9. The van der Waals surface area contributed by atoms with Gasteiger partial charge in [0.05, 0.1) is 36.5 Å². The fourth-order valence-electron chi connectivity index (χ4n) is 6.73. The first-order chi connectivity index (χ1) is 18.7. The van der Waals surface area contributed by atoms with E-state index in [0.29, 0.717) is 57.7 Å². The van der Waals surface area contributed by atoms with Crippen LogP contribution in [-0.4, -0.2) is 36.8 Å². The van der Waals surface area contributed by atoms with E-state index in [1.807, 2.05) is 34.9 Å². The fraction of sp³-hybridized carbons (Fsp3) is 0.515. The third kappa shape index (κ3) is 5.00. The number of carbonyl (C=O) groups excluding carboxylic acids is 1. The Morgan fingerprint density at radius 3 is 2.41 bits per heavy atom. The standard InChI is InChI=1S/C33H41NO5/c1-20(2)11-12-21(22-16-18-39-33(3,4)19-22)15-17-34-29-23-9-7-8-10-24(23)30(35)27(29)25-13-14-26(37-5)31(38-6)28(25)32(34)36/h7-10,13-14,20-22H,11-12,15-19H2,1-6H3/t21-,22-/m0/s1. The molecule has 2 atom stereocenters. The minimum Gasteiger partial charge on any atom is -0.493 e. The van der Waals surface area contributed by atoms with E-state index >= 15 is 0 Å². The number of ketones is 1. The Balaban J connectivity index is 1.64. The van der Waals surface area contributed by atoms with E-state index in [1.165, 1.54) is 0 Å². The molecule has 0 unspecified atom stereocenters. The molecule has 1 saturated heterocycles. The van der Waals surface area contributed by atoms with Crippen LogP contribution in [0, 0.1) is 17.8 Å². The van der Waals surface area contributed by atoms with E-state index < -0.39 is 0 Å². The maximum atomic E-state index is 14.3. The fourth-order valence-corrected chi connectivity index (χ4v) is 6.73. The summed E-state index contributed by atoms with van der Waals surface area (Å²) in [5.41, 5.74) is 2.52. The van der Waals surface area contributed by atoms with E-state index in [-0.39, 0.29) is 16.9 Å². The van der Waals surface area contributed by atoms with Gasteiger partial charge < -0.3 is 18.8 Å². The Morgan fingerprint density at radius 2 is 1.74 bits per heavy atom. The quantitative estimate of drug-likeness (QED) is 0.236. The van der Waals surface area contributed by atoms with Crippen molar-refractivity contribution in [3.05, 3.63) is 57.9 Å². The molecular weight excluding hydrogens is 490 g/mol. The second kappa shape index (κ2) is 10.8. The van der Waals surface area contributed by atoms with Gasteiger partial charge in [-0.15, -0.1) is 0 Å². The van der Waals surface area contributed by atoms with Crippen molar-refractivity contribution >= 4 is 16.6 Å². The first kappa shape index (κ1) is 27.4. The molecule has 2 aliphatic rings. The molecule has 1 aromatic heterocycles. The van der Waals surface area contributed by atoms with E-state index in [4.69, 9.17) is 14.2 Å². The number of rotatable bonds is 9. The van der Waals surface area contributed by atoms with Crippen LogP contribution in [0.15, 0.2) is 41.2 Å². The van der Waals surface area contributed by atoms with E-state index in [2.05, 4.69) is 27.7 Å². The SMILES string of the molecule is COc1ccc2c3c(n(CC[C@H](CCC(C)C)[C@H]4CCOC(C)(C)C4)c(=O)c2c1OC)-c1ccccc1C3=O. The maximum Gasteiger partial charge on any atom is 0.262 e. The molecule has 1 fully saturated rings. The van der Waals surface area contributed by atoms with Gasteiger partial charge in [-0.1, -0.05) is 44.5 Å². The van der Waals surface area contributed by atoms with Gasteiger partial charge in [-0.3, -0.25) is 9.59 Å². The molecule has 0 amide bonds. The average Bonchev–Trinajstić information content (AvgIpc) is 3.21. The Kier molecular flexibility index (Phi) is 7.60. The molecule has 39 heavy (non-hydrogen) atoms. The minimum atomic E-state index is -0.140. The van der Waals surface area contributed by atoms with Crippen LogP contribution in [0.1, 0.15) is 75.7 Å². The van der Waals surface area contributed by atoms with Crippen LogP contribution in [0.4, 0.5) is 0 Å². The normalized spacial score (nSPS) is 18.7. The van der Waals surface area contributed by atoms with Crippen LogP contribution >= 0.6 is 0 Å². The van der Waals surface area contributed by atoms with Crippen molar-refractivity contribution in [2.24, 2.45) is 17.8 Å². The summed E-state index contributed by atoms with van der Waals surface area (Å²) in [5.74, 6) is 2.44.